The number of methoxy groups -OCH3 is 2. The lowest BCUT2D eigenvalue weighted by atomic mass is 10.2. The number of hydrogen-bond acceptors (Lipinski definition) is 6. The molecule has 0 saturated carbocycles. The highest BCUT2D eigenvalue weighted by molar-refractivity contribution is 7.89. The van der Waals surface area contributed by atoms with E-state index in [1.165, 1.54) is 38.5 Å². The number of phenols is 1. The average Bonchev–Trinajstić information content (AvgIpc) is 3.22. The maximum Gasteiger partial charge on any atom is 0.247 e. The first-order valence-electron chi connectivity index (χ1n) is 8.91. The van der Waals surface area contributed by atoms with Gasteiger partial charge in [0.15, 0.2) is 5.75 Å². The summed E-state index contributed by atoms with van der Waals surface area (Å²) in [6, 6.07) is 6.10. The Morgan fingerprint density at radius 3 is 2.60 bits per heavy atom. The molecule has 2 aromatic carbocycles. The number of anilines is 1. The lowest BCUT2D eigenvalue weighted by Gasteiger charge is -2.24. The Balaban J connectivity index is 1.93. The molecule has 1 amide bonds. The van der Waals surface area contributed by atoms with Crippen LogP contribution in [0.2, 0.25) is 10.0 Å². The van der Waals surface area contributed by atoms with E-state index in [-0.39, 0.29) is 38.7 Å². The summed E-state index contributed by atoms with van der Waals surface area (Å²) < 4.78 is 38.1. The molecule has 1 fully saturated rings. The van der Waals surface area contributed by atoms with Crippen molar-refractivity contribution in [3.8, 4) is 17.2 Å². The number of nitrogens with one attached hydrogen (secondary N) is 1. The first kappa shape index (κ1) is 22.5. The van der Waals surface area contributed by atoms with Crippen molar-refractivity contribution >= 4 is 44.8 Å². The highest BCUT2D eigenvalue weighted by atomic mass is 35.5. The Morgan fingerprint density at radius 1 is 1.20 bits per heavy atom. The molecule has 1 aliphatic rings. The van der Waals surface area contributed by atoms with Crippen LogP contribution in [0.3, 0.4) is 0 Å². The minimum atomic E-state index is -4.07. The number of aromatic hydroxyl groups is 1. The minimum absolute atomic E-state index is 0.000656. The molecule has 162 valence electrons. The second kappa shape index (κ2) is 8.89. The number of nitrogens with zero attached hydrogens (tertiary/aromatic N) is 1. The number of halogens is 2. The second-order valence-corrected chi connectivity index (χ2v) is 9.27. The number of rotatable bonds is 6. The number of carbonyl (C=O) groups excluding carboxylic acids is 1. The van der Waals surface area contributed by atoms with Crippen molar-refractivity contribution in [2.24, 2.45) is 0 Å². The summed E-state index contributed by atoms with van der Waals surface area (Å²) in [6.45, 7) is 0.156. The fourth-order valence-corrected chi connectivity index (χ4v) is 5.60. The van der Waals surface area contributed by atoms with Gasteiger partial charge in [0.2, 0.25) is 15.9 Å². The van der Waals surface area contributed by atoms with E-state index in [2.05, 4.69) is 5.32 Å². The summed E-state index contributed by atoms with van der Waals surface area (Å²) >= 11 is 11.8. The van der Waals surface area contributed by atoms with E-state index < -0.39 is 22.0 Å². The number of amides is 1. The predicted octanol–water partition coefficient (Wildman–Crippen LogP) is 3.51. The molecule has 8 nitrogen and oxygen atoms in total. The zero-order chi connectivity index (χ0) is 22.1. The molecule has 11 heteroatoms. The zero-order valence-corrected chi connectivity index (χ0v) is 18.5. The standard InChI is InChI=1S/C19H20Cl2N2O6S/c1-28-12-5-6-16(29-2)17(10-12)30(26,27)23-7-3-4-15(23)19(25)22-14-9-11(20)8-13(21)18(14)24/h5-6,8-10,15,24H,3-4,7H2,1-2H3,(H,22,25). The van der Waals surface area contributed by atoms with Crippen molar-refractivity contribution < 1.29 is 27.8 Å². The van der Waals surface area contributed by atoms with Gasteiger partial charge in [-0.2, -0.15) is 4.31 Å². The molecule has 3 rings (SSSR count). The van der Waals surface area contributed by atoms with Gasteiger partial charge < -0.3 is 19.9 Å². The zero-order valence-electron chi connectivity index (χ0n) is 16.2. The van der Waals surface area contributed by atoms with Gasteiger partial charge in [0.05, 0.1) is 24.9 Å². The summed E-state index contributed by atoms with van der Waals surface area (Å²) in [7, 11) is -1.29. The number of ether oxygens (including phenoxy) is 2. The lowest BCUT2D eigenvalue weighted by Crippen LogP contribution is -2.43. The monoisotopic (exact) mass is 474 g/mol. The average molecular weight is 475 g/mol. The lowest BCUT2D eigenvalue weighted by molar-refractivity contribution is -0.119. The third kappa shape index (κ3) is 4.29. The van der Waals surface area contributed by atoms with Gasteiger partial charge in [-0.25, -0.2) is 8.42 Å². The minimum Gasteiger partial charge on any atom is -0.504 e. The largest absolute Gasteiger partial charge is 0.504 e. The van der Waals surface area contributed by atoms with Crippen LogP contribution in [0.15, 0.2) is 35.2 Å². The van der Waals surface area contributed by atoms with E-state index >= 15 is 0 Å². The molecule has 2 N–H and O–H groups in total. The Bertz CT molecular complexity index is 1080. The Kier molecular flexibility index (Phi) is 6.66. The van der Waals surface area contributed by atoms with Crippen LogP contribution in [0.5, 0.6) is 17.2 Å². The van der Waals surface area contributed by atoms with Crippen LogP contribution in [0.25, 0.3) is 0 Å². The van der Waals surface area contributed by atoms with Crippen LogP contribution in [0.1, 0.15) is 12.8 Å². The van der Waals surface area contributed by atoms with E-state index in [4.69, 9.17) is 32.7 Å². The molecular formula is C19H20Cl2N2O6S. The topological polar surface area (TPSA) is 105 Å². The molecule has 30 heavy (non-hydrogen) atoms. The van der Waals surface area contributed by atoms with E-state index in [0.717, 1.165) is 4.31 Å². The van der Waals surface area contributed by atoms with Crippen molar-refractivity contribution in [2.45, 2.75) is 23.8 Å². The molecule has 0 aromatic heterocycles. The molecule has 1 atom stereocenters. The van der Waals surface area contributed by atoms with E-state index in [1.807, 2.05) is 0 Å². The van der Waals surface area contributed by atoms with Gasteiger partial charge >= 0.3 is 0 Å². The maximum absolute atomic E-state index is 13.3. The van der Waals surface area contributed by atoms with E-state index in [0.29, 0.717) is 18.6 Å². The van der Waals surface area contributed by atoms with Crippen LogP contribution < -0.4 is 14.8 Å². The Morgan fingerprint density at radius 2 is 1.93 bits per heavy atom. The van der Waals surface area contributed by atoms with Crippen molar-refractivity contribution in [3.63, 3.8) is 0 Å². The Hall–Kier alpha value is -2.20. The normalized spacial score (nSPS) is 17.0. The smallest absolute Gasteiger partial charge is 0.247 e. The number of hydrogen-bond donors (Lipinski definition) is 2. The molecule has 1 unspecified atom stereocenters. The maximum atomic E-state index is 13.3. The van der Waals surface area contributed by atoms with Crippen molar-refractivity contribution in [1.29, 1.82) is 0 Å². The highest BCUT2D eigenvalue weighted by Crippen LogP contribution is 2.37. The summed E-state index contributed by atoms with van der Waals surface area (Å²) in [5, 5.41) is 12.8. The third-order valence-corrected chi connectivity index (χ3v) is 7.19. The fraction of sp³-hybridized carbons (Fsp3) is 0.316. The molecule has 1 heterocycles. The summed E-state index contributed by atoms with van der Waals surface area (Å²) in [5.74, 6) is -0.475. The van der Waals surface area contributed by atoms with Gasteiger partial charge in [0.25, 0.3) is 0 Å². The fourth-order valence-electron chi connectivity index (χ4n) is 3.28. The van der Waals surface area contributed by atoms with Gasteiger partial charge in [0.1, 0.15) is 22.4 Å². The first-order valence-corrected chi connectivity index (χ1v) is 11.1. The molecule has 0 spiro atoms. The molecular weight excluding hydrogens is 455 g/mol. The second-order valence-electron chi connectivity index (χ2n) is 6.56. The van der Waals surface area contributed by atoms with Crippen LogP contribution in [-0.4, -0.2) is 50.5 Å². The summed E-state index contributed by atoms with van der Waals surface area (Å²) in [4.78, 5) is 12.8. The highest BCUT2D eigenvalue weighted by Gasteiger charge is 2.41. The third-order valence-electron chi connectivity index (χ3n) is 4.75. The van der Waals surface area contributed by atoms with Crippen LogP contribution in [-0.2, 0) is 14.8 Å². The Labute approximate surface area is 184 Å². The number of carbonyl (C=O) groups is 1. The molecule has 0 bridgehead atoms. The van der Waals surface area contributed by atoms with Crippen molar-refractivity contribution in [1.82, 2.24) is 4.31 Å². The van der Waals surface area contributed by atoms with E-state index in [9.17, 15) is 18.3 Å². The van der Waals surface area contributed by atoms with Gasteiger partial charge in [-0.3, -0.25) is 4.79 Å². The number of phenolic OH excluding ortho intramolecular Hbond substituents is 1. The van der Waals surface area contributed by atoms with Crippen molar-refractivity contribution in [2.75, 3.05) is 26.1 Å². The number of sulfonamides is 1. The van der Waals surface area contributed by atoms with Gasteiger partial charge in [-0.05, 0) is 37.1 Å². The van der Waals surface area contributed by atoms with Crippen LogP contribution in [0, 0.1) is 0 Å². The predicted molar refractivity (Wildman–Crippen MR) is 113 cm³/mol. The summed E-state index contributed by atoms with van der Waals surface area (Å²) in [5.41, 5.74) is 0.000656. The van der Waals surface area contributed by atoms with Gasteiger partial charge in [-0.15, -0.1) is 0 Å². The molecule has 2 aromatic rings. The SMILES string of the molecule is COc1ccc(OC)c(S(=O)(=O)N2CCCC2C(=O)Nc2cc(Cl)cc(Cl)c2O)c1. The quantitative estimate of drug-likeness (QED) is 0.620. The van der Waals surface area contributed by atoms with E-state index in [1.54, 1.807) is 6.07 Å². The molecule has 1 saturated heterocycles. The van der Waals surface area contributed by atoms with Gasteiger partial charge in [0, 0.05) is 17.6 Å². The van der Waals surface area contributed by atoms with Crippen molar-refractivity contribution in [3.05, 3.63) is 40.4 Å². The first-order chi connectivity index (χ1) is 14.2. The van der Waals surface area contributed by atoms with Crippen LogP contribution in [0.4, 0.5) is 5.69 Å². The summed E-state index contributed by atoms with van der Waals surface area (Å²) in [6.07, 6.45) is 0.804. The number of benzene rings is 2. The molecule has 0 aliphatic carbocycles. The molecule has 0 radical (unpaired) electrons. The van der Waals surface area contributed by atoms with Gasteiger partial charge in [-0.1, -0.05) is 23.2 Å². The van der Waals surface area contributed by atoms with Crippen LogP contribution >= 0.6 is 23.2 Å². The molecule has 1 aliphatic heterocycles.